The third-order valence-corrected chi connectivity index (χ3v) is 4.69. The van der Waals surface area contributed by atoms with Gasteiger partial charge in [-0.05, 0) is 54.6 Å². The Kier molecular flexibility index (Phi) is 2.96. The molecule has 2 aliphatic carbocycles. The smallest absolute Gasteiger partial charge is 0.0818 e. The van der Waals surface area contributed by atoms with Crippen LogP contribution in [-0.4, -0.2) is 5.11 Å². The fourth-order valence-corrected chi connectivity index (χ4v) is 2.92. The van der Waals surface area contributed by atoms with E-state index in [0.29, 0.717) is 5.92 Å². The maximum Gasteiger partial charge on any atom is 0.0818 e. The molecular formula is C16H22O. The highest BCUT2D eigenvalue weighted by Crippen LogP contribution is 2.43. The Morgan fingerprint density at radius 2 is 1.94 bits per heavy atom. The molecule has 2 aliphatic rings. The van der Waals surface area contributed by atoms with Crippen molar-refractivity contribution in [3.05, 3.63) is 35.4 Å². The quantitative estimate of drug-likeness (QED) is 0.828. The number of rotatable bonds is 4. The zero-order valence-corrected chi connectivity index (χ0v) is 10.6. The molecule has 0 bridgehead atoms. The van der Waals surface area contributed by atoms with E-state index >= 15 is 0 Å². The lowest BCUT2D eigenvalue weighted by Gasteiger charge is -2.27. The van der Waals surface area contributed by atoms with Crippen LogP contribution in [0.3, 0.4) is 0 Å². The first-order valence-electron chi connectivity index (χ1n) is 7.03. The van der Waals surface area contributed by atoms with Crippen molar-refractivity contribution in [3.63, 3.8) is 0 Å². The molecule has 2 fully saturated rings. The summed E-state index contributed by atoms with van der Waals surface area (Å²) in [4.78, 5) is 0. The van der Waals surface area contributed by atoms with Crippen molar-refractivity contribution in [2.45, 2.75) is 51.0 Å². The third-order valence-electron chi connectivity index (χ3n) is 4.69. The molecule has 92 valence electrons. The molecule has 17 heavy (non-hydrogen) atoms. The molecule has 1 N–H and O–H groups in total. The lowest BCUT2D eigenvalue weighted by Crippen LogP contribution is -2.13. The highest BCUT2D eigenvalue weighted by Gasteiger charge is 2.33. The molecule has 0 spiro atoms. The van der Waals surface area contributed by atoms with Gasteiger partial charge in [0.1, 0.15) is 0 Å². The Bertz CT molecular complexity index is 390. The maximum atomic E-state index is 10.4. The van der Waals surface area contributed by atoms with Crippen LogP contribution in [0.15, 0.2) is 24.3 Å². The monoisotopic (exact) mass is 230 g/mol. The molecular weight excluding hydrogens is 208 g/mol. The van der Waals surface area contributed by atoms with Gasteiger partial charge in [0.15, 0.2) is 0 Å². The van der Waals surface area contributed by atoms with Crippen LogP contribution in [0.2, 0.25) is 0 Å². The molecule has 1 aromatic rings. The molecule has 0 heterocycles. The van der Waals surface area contributed by atoms with Crippen LogP contribution in [0.4, 0.5) is 0 Å². The van der Waals surface area contributed by atoms with E-state index in [1.807, 2.05) is 0 Å². The van der Waals surface area contributed by atoms with Gasteiger partial charge in [-0.2, -0.15) is 0 Å². The molecule has 0 aliphatic heterocycles. The highest BCUT2D eigenvalue weighted by atomic mass is 16.3. The lowest BCUT2D eigenvalue weighted by atomic mass is 9.79. The first-order chi connectivity index (χ1) is 8.25. The molecule has 3 rings (SSSR count). The summed E-state index contributed by atoms with van der Waals surface area (Å²) < 4.78 is 0. The fourth-order valence-electron chi connectivity index (χ4n) is 2.92. The summed E-state index contributed by atoms with van der Waals surface area (Å²) in [5.74, 6) is 1.95. The number of hydrogen-bond donors (Lipinski definition) is 1. The van der Waals surface area contributed by atoms with E-state index in [0.717, 1.165) is 17.4 Å². The fraction of sp³-hybridized carbons (Fsp3) is 0.625. The van der Waals surface area contributed by atoms with Gasteiger partial charge < -0.3 is 5.11 Å². The second-order valence-corrected chi connectivity index (χ2v) is 5.94. The van der Waals surface area contributed by atoms with E-state index < -0.39 is 0 Å². The minimum atomic E-state index is -0.262. The van der Waals surface area contributed by atoms with Crippen LogP contribution in [0, 0.1) is 11.8 Å². The van der Waals surface area contributed by atoms with E-state index in [2.05, 4.69) is 31.2 Å². The summed E-state index contributed by atoms with van der Waals surface area (Å²) in [5, 5.41) is 10.4. The second kappa shape index (κ2) is 4.45. The Labute approximate surface area is 104 Å². The molecule has 0 amide bonds. The van der Waals surface area contributed by atoms with Crippen LogP contribution >= 0.6 is 0 Å². The third kappa shape index (κ3) is 2.26. The van der Waals surface area contributed by atoms with Gasteiger partial charge in [0, 0.05) is 0 Å². The van der Waals surface area contributed by atoms with Gasteiger partial charge in [-0.1, -0.05) is 37.6 Å². The molecule has 2 atom stereocenters. The van der Waals surface area contributed by atoms with E-state index in [9.17, 15) is 5.11 Å². The first kappa shape index (κ1) is 11.3. The summed E-state index contributed by atoms with van der Waals surface area (Å²) in [7, 11) is 0. The van der Waals surface area contributed by atoms with Gasteiger partial charge >= 0.3 is 0 Å². The maximum absolute atomic E-state index is 10.4. The van der Waals surface area contributed by atoms with E-state index in [4.69, 9.17) is 0 Å². The van der Waals surface area contributed by atoms with Crippen molar-refractivity contribution >= 4 is 0 Å². The number of benzene rings is 1. The van der Waals surface area contributed by atoms with Crippen molar-refractivity contribution in [2.24, 2.45) is 11.8 Å². The average molecular weight is 230 g/mol. The average Bonchev–Trinajstić information content (AvgIpc) is 3.09. The summed E-state index contributed by atoms with van der Waals surface area (Å²) in [6.45, 7) is 2.19. The van der Waals surface area contributed by atoms with Crippen molar-refractivity contribution in [1.82, 2.24) is 0 Å². The van der Waals surface area contributed by atoms with Crippen molar-refractivity contribution in [2.75, 3.05) is 0 Å². The van der Waals surface area contributed by atoms with Crippen LogP contribution in [0.25, 0.3) is 0 Å². The van der Waals surface area contributed by atoms with Crippen molar-refractivity contribution < 1.29 is 5.11 Å². The van der Waals surface area contributed by atoms with Crippen molar-refractivity contribution in [1.29, 1.82) is 0 Å². The summed E-state index contributed by atoms with van der Waals surface area (Å²) in [6, 6.07) is 8.67. The summed E-state index contributed by atoms with van der Waals surface area (Å²) in [6.07, 6.45) is 6.38. The molecule has 0 saturated heterocycles. The minimum absolute atomic E-state index is 0.262. The Morgan fingerprint density at radius 1 is 1.18 bits per heavy atom. The van der Waals surface area contributed by atoms with Gasteiger partial charge in [0.2, 0.25) is 0 Å². The second-order valence-electron chi connectivity index (χ2n) is 5.94. The standard InChI is InChI=1S/C16H22O/c1-11(12-8-9-12)16(17)15-7-3-6-14(10-15)13-4-2-5-13/h3,6-7,10-13,16-17H,2,4-5,8-9H2,1H3. The molecule has 2 unspecified atom stereocenters. The van der Waals surface area contributed by atoms with E-state index in [1.54, 1.807) is 0 Å². The van der Waals surface area contributed by atoms with E-state index in [-0.39, 0.29) is 6.10 Å². The molecule has 1 heteroatoms. The van der Waals surface area contributed by atoms with Gasteiger partial charge in [-0.25, -0.2) is 0 Å². The van der Waals surface area contributed by atoms with E-state index in [1.165, 1.54) is 37.7 Å². The Hall–Kier alpha value is -0.820. The van der Waals surface area contributed by atoms with Gasteiger partial charge in [0.05, 0.1) is 6.10 Å². The van der Waals surface area contributed by atoms with Gasteiger partial charge in [-0.3, -0.25) is 0 Å². The number of aliphatic hydroxyl groups excluding tert-OH is 1. The SMILES string of the molecule is CC(C1CC1)C(O)c1cccc(C2CCC2)c1. The number of aliphatic hydroxyl groups is 1. The topological polar surface area (TPSA) is 20.2 Å². The molecule has 0 aromatic heterocycles. The largest absolute Gasteiger partial charge is 0.388 e. The zero-order chi connectivity index (χ0) is 11.8. The van der Waals surface area contributed by atoms with Gasteiger partial charge in [-0.15, -0.1) is 0 Å². The predicted octanol–water partition coefficient (Wildman–Crippen LogP) is 4.03. The van der Waals surface area contributed by atoms with Crippen LogP contribution in [0.5, 0.6) is 0 Å². The van der Waals surface area contributed by atoms with Crippen molar-refractivity contribution in [3.8, 4) is 0 Å². The zero-order valence-electron chi connectivity index (χ0n) is 10.6. The molecule has 2 saturated carbocycles. The highest BCUT2D eigenvalue weighted by molar-refractivity contribution is 5.29. The van der Waals surface area contributed by atoms with Gasteiger partial charge in [0.25, 0.3) is 0 Å². The minimum Gasteiger partial charge on any atom is -0.388 e. The summed E-state index contributed by atoms with van der Waals surface area (Å²) in [5.41, 5.74) is 2.57. The van der Waals surface area contributed by atoms with Crippen LogP contribution in [0.1, 0.15) is 62.2 Å². The summed E-state index contributed by atoms with van der Waals surface area (Å²) >= 11 is 0. The normalized spacial score (nSPS) is 24.1. The molecule has 1 nitrogen and oxygen atoms in total. The first-order valence-corrected chi connectivity index (χ1v) is 7.03. The number of hydrogen-bond acceptors (Lipinski definition) is 1. The van der Waals surface area contributed by atoms with Crippen LogP contribution in [-0.2, 0) is 0 Å². The Balaban J connectivity index is 1.76. The predicted molar refractivity (Wildman–Crippen MR) is 69.9 cm³/mol. The Morgan fingerprint density at radius 3 is 2.53 bits per heavy atom. The molecule has 0 radical (unpaired) electrons. The molecule has 1 aromatic carbocycles. The van der Waals surface area contributed by atoms with Crippen LogP contribution < -0.4 is 0 Å². The lowest BCUT2D eigenvalue weighted by molar-refractivity contribution is 0.106.